The highest BCUT2D eigenvalue weighted by Gasteiger charge is 2.31. The van der Waals surface area contributed by atoms with Crippen molar-refractivity contribution in [3.8, 4) is 0 Å². The molecule has 150 valence electrons. The number of hydrogen-bond acceptors (Lipinski definition) is 3. The number of benzene rings is 2. The standard InChI is InChI=1S/C21H24F3N3O/c1-16(17-6-3-2-4-7-17)25-20(28)15-26-10-12-27(13-11-26)19-9-5-8-18(14-19)21(22,23)24/h2-9,14,16H,10-13,15H2,1H3,(H,25,28)/t16-/m0/s1. The van der Waals surface area contributed by atoms with Crippen LogP contribution in [0.25, 0.3) is 0 Å². The molecule has 0 radical (unpaired) electrons. The van der Waals surface area contributed by atoms with Crippen LogP contribution in [0, 0.1) is 0 Å². The lowest BCUT2D eigenvalue weighted by Gasteiger charge is -2.36. The van der Waals surface area contributed by atoms with Crippen LogP contribution in [0.3, 0.4) is 0 Å². The molecule has 1 fully saturated rings. The molecule has 3 rings (SSSR count). The molecule has 1 saturated heterocycles. The van der Waals surface area contributed by atoms with Crippen LogP contribution in [0.15, 0.2) is 54.6 Å². The summed E-state index contributed by atoms with van der Waals surface area (Å²) in [6.07, 6.45) is -4.34. The molecule has 28 heavy (non-hydrogen) atoms. The third kappa shape index (κ3) is 5.25. The predicted octanol–water partition coefficient (Wildman–Crippen LogP) is 3.70. The molecule has 2 aromatic carbocycles. The molecule has 0 unspecified atom stereocenters. The Hall–Kier alpha value is -2.54. The van der Waals surface area contributed by atoms with Crippen LogP contribution in [0.4, 0.5) is 18.9 Å². The van der Waals surface area contributed by atoms with E-state index in [0.717, 1.165) is 11.6 Å². The normalized spacial score (nSPS) is 16.6. The second kappa shape index (κ2) is 8.65. The van der Waals surface area contributed by atoms with E-state index in [1.165, 1.54) is 12.1 Å². The number of halogens is 3. The predicted molar refractivity (Wildman–Crippen MR) is 103 cm³/mol. The van der Waals surface area contributed by atoms with E-state index >= 15 is 0 Å². The van der Waals surface area contributed by atoms with Crippen LogP contribution in [-0.4, -0.2) is 43.5 Å². The van der Waals surface area contributed by atoms with Crippen LogP contribution >= 0.6 is 0 Å². The summed E-state index contributed by atoms with van der Waals surface area (Å²) in [5, 5.41) is 2.99. The van der Waals surface area contributed by atoms with Crippen LogP contribution in [-0.2, 0) is 11.0 Å². The van der Waals surface area contributed by atoms with Gasteiger partial charge in [0.1, 0.15) is 0 Å². The lowest BCUT2D eigenvalue weighted by Crippen LogP contribution is -2.49. The highest BCUT2D eigenvalue weighted by Crippen LogP contribution is 2.31. The number of rotatable bonds is 5. The Morgan fingerprint density at radius 1 is 1.04 bits per heavy atom. The first-order valence-electron chi connectivity index (χ1n) is 9.32. The molecule has 0 spiro atoms. The van der Waals surface area contributed by atoms with Crippen molar-refractivity contribution in [3.05, 3.63) is 65.7 Å². The second-order valence-electron chi connectivity index (χ2n) is 7.01. The molecule has 1 atom stereocenters. The maximum absolute atomic E-state index is 12.9. The molecule has 1 N–H and O–H groups in total. The van der Waals surface area contributed by atoms with Crippen molar-refractivity contribution in [2.45, 2.75) is 19.1 Å². The van der Waals surface area contributed by atoms with Gasteiger partial charge in [0.15, 0.2) is 0 Å². The first-order valence-corrected chi connectivity index (χ1v) is 9.32. The molecule has 1 heterocycles. The summed E-state index contributed by atoms with van der Waals surface area (Å²) in [5.74, 6) is -0.0520. The van der Waals surface area contributed by atoms with Gasteiger partial charge in [-0.05, 0) is 30.7 Å². The molecule has 1 aliphatic rings. The van der Waals surface area contributed by atoms with Crippen LogP contribution in [0.1, 0.15) is 24.1 Å². The zero-order chi connectivity index (χ0) is 20.1. The van der Waals surface area contributed by atoms with Gasteiger partial charge < -0.3 is 10.2 Å². The minimum absolute atomic E-state index is 0.0520. The highest BCUT2D eigenvalue weighted by molar-refractivity contribution is 5.78. The van der Waals surface area contributed by atoms with Gasteiger partial charge in [-0.25, -0.2) is 0 Å². The molecule has 0 aromatic heterocycles. The summed E-state index contributed by atoms with van der Waals surface area (Å²) in [6, 6.07) is 15.1. The van der Waals surface area contributed by atoms with Crippen molar-refractivity contribution in [2.24, 2.45) is 0 Å². The fraction of sp³-hybridized carbons (Fsp3) is 0.381. The molecule has 4 nitrogen and oxygen atoms in total. The molecule has 0 saturated carbocycles. The molecular formula is C21H24F3N3O. The quantitative estimate of drug-likeness (QED) is 0.844. The van der Waals surface area contributed by atoms with Crippen molar-refractivity contribution in [3.63, 3.8) is 0 Å². The van der Waals surface area contributed by atoms with E-state index in [1.807, 2.05) is 47.1 Å². The maximum atomic E-state index is 12.9. The van der Waals surface area contributed by atoms with Gasteiger partial charge in [0.2, 0.25) is 5.91 Å². The SMILES string of the molecule is C[C@H](NC(=O)CN1CCN(c2cccc(C(F)(F)F)c2)CC1)c1ccccc1. The fourth-order valence-corrected chi connectivity index (χ4v) is 3.36. The summed E-state index contributed by atoms with van der Waals surface area (Å²) < 4.78 is 38.7. The summed E-state index contributed by atoms with van der Waals surface area (Å²) in [4.78, 5) is 16.3. The van der Waals surface area contributed by atoms with Crippen molar-refractivity contribution in [1.29, 1.82) is 0 Å². The third-order valence-electron chi connectivity index (χ3n) is 4.96. The van der Waals surface area contributed by atoms with E-state index < -0.39 is 11.7 Å². The van der Waals surface area contributed by atoms with Gasteiger partial charge in [0, 0.05) is 31.9 Å². The number of alkyl halides is 3. The van der Waals surface area contributed by atoms with Crippen molar-refractivity contribution in [1.82, 2.24) is 10.2 Å². The molecule has 1 aliphatic heterocycles. The summed E-state index contributed by atoms with van der Waals surface area (Å²) >= 11 is 0. The van der Waals surface area contributed by atoms with Crippen molar-refractivity contribution in [2.75, 3.05) is 37.6 Å². The van der Waals surface area contributed by atoms with E-state index in [1.54, 1.807) is 6.07 Å². The van der Waals surface area contributed by atoms with Gasteiger partial charge in [-0.15, -0.1) is 0 Å². The van der Waals surface area contributed by atoms with Gasteiger partial charge >= 0.3 is 6.18 Å². The average molecular weight is 391 g/mol. The molecule has 0 aliphatic carbocycles. The van der Waals surface area contributed by atoms with Crippen LogP contribution in [0.2, 0.25) is 0 Å². The number of nitrogens with one attached hydrogen (secondary N) is 1. The highest BCUT2D eigenvalue weighted by atomic mass is 19.4. The molecule has 2 aromatic rings. The first kappa shape index (κ1) is 20.2. The molecule has 0 bridgehead atoms. The summed E-state index contributed by atoms with van der Waals surface area (Å²) in [5.41, 5.74) is 0.976. The Kier molecular flexibility index (Phi) is 6.24. The van der Waals surface area contributed by atoms with Gasteiger partial charge in [-0.1, -0.05) is 36.4 Å². The smallest absolute Gasteiger partial charge is 0.369 e. The summed E-state index contributed by atoms with van der Waals surface area (Å²) in [6.45, 7) is 4.66. The number of carbonyl (C=O) groups is 1. The largest absolute Gasteiger partial charge is 0.416 e. The number of piperazine rings is 1. The summed E-state index contributed by atoms with van der Waals surface area (Å²) in [7, 11) is 0. The first-order chi connectivity index (χ1) is 13.3. The Bertz CT molecular complexity index is 787. The zero-order valence-corrected chi connectivity index (χ0v) is 15.7. The number of carbonyl (C=O) groups excluding carboxylic acids is 1. The fourth-order valence-electron chi connectivity index (χ4n) is 3.36. The lowest BCUT2D eigenvalue weighted by molar-refractivity contribution is -0.137. The number of amides is 1. The van der Waals surface area contributed by atoms with Crippen LogP contribution in [0.5, 0.6) is 0 Å². The van der Waals surface area contributed by atoms with Crippen molar-refractivity contribution >= 4 is 11.6 Å². The van der Waals surface area contributed by atoms with E-state index in [4.69, 9.17) is 0 Å². The van der Waals surface area contributed by atoms with E-state index in [9.17, 15) is 18.0 Å². The third-order valence-corrected chi connectivity index (χ3v) is 4.96. The van der Waals surface area contributed by atoms with Crippen LogP contribution < -0.4 is 10.2 Å². The zero-order valence-electron chi connectivity index (χ0n) is 15.7. The van der Waals surface area contributed by atoms with Gasteiger partial charge in [-0.2, -0.15) is 13.2 Å². The molecule has 1 amide bonds. The second-order valence-corrected chi connectivity index (χ2v) is 7.01. The Morgan fingerprint density at radius 3 is 2.36 bits per heavy atom. The Balaban J connectivity index is 1.50. The number of anilines is 1. The number of nitrogens with zero attached hydrogens (tertiary/aromatic N) is 2. The van der Waals surface area contributed by atoms with Gasteiger partial charge in [0.05, 0.1) is 18.2 Å². The number of hydrogen-bond donors (Lipinski definition) is 1. The maximum Gasteiger partial charge on any atom is 0.416 e. The Morgan fingerprint density at radius 2 is 1.71 bits per heavy atom. The van der Waals surface area contributed by atoms with E-state index in [0.29, 0.717) is 31.9 Å². The lowest BCUT2D eigenvalue weighted by atomic mass is 10.1. The molecular weight excluding hydrogens is 367 g/mol. The minimum atomic E-state index is -4.34. The Labute approximate surface area is 162 Å². The van der Waals surface area contributed by atoms with Gasteiger partial charge in [0.25, 0.3) is 0 Å². The molecule has 7 heteroatoms. The average Bonchev–Trinajstić information content (AvgIpc) is 2.68. The van der Waals surface area contributed by atoms with E-state index in [2.05, 4.69) is 5.32 Å². The monoisotopic (exact) mass is 391 g/mol. The van der Waals surface area contributed by atoms with Gasteiger partial charge in [-0.3, -0.25) is 9.69 Å². The van der Waals surface area contributed by atoms with Crippen molar-refractivity contribution < 1.29 is 18.0 Å². The van der Waals surface area contributed by atoms with E-state index in [-0.39, 0.29) is 18.5 Å². The minimum Gasteiger partial charge on any atom is -0.369 e. The topological polar surface area (TPSA) is 35.6 Å².